The van der Waals surface area contributed by atoms with Crippen molar-refractivity contribution in [2.45, 2.75) is 6.92 Å². The van der Waals surface area contributed by atoms with Crippen LogP contribution in [-0.4, -0.2) is 21.1 Å². The van der Waals surface area contributed by atoms with Crippen molar-refractivity contribution in [1.82, 2.24) is 10.3 Å². The summed E-state index contributed by atoms with van der Waals surface area (Å²) in [6.07, 6.45) is 0. The van der Waals surface area contributed by atoms with Crippen molar-refractivity contribution in [1.29, 1.82) is 0 Å². The number of aromatic hydroxyl groups is 1. The monoisotopic (exact) mass is 421 g/mol. The molecule has 0 spiro atoms. The highest BCUT2D eigenvalue weighted by Gasteiger charge is 2.14. The molecule has 30 heavy (non-hydrogen) atoms. The summed E-state index contributed by atoms with van der Waals surface area (Å²) in [7, 11) is 0. The predicted molar refractivity (Wildman–Crippen MR) is 116 cm³/mol. The van der Waals surface area contributed by atoms with Crippen LogP contribution in [-0.2, 0) is 0 Å². The third-order valence-corrected chi connectivity index (χ3v) is 4.57. The summed E-state index contributed by atoms with van der Waals surface area (Å²) in [6.45, 7) is 1.96. The molecule has 0 saturated carbocycles. The van der Waals surface area contributed by atoms with E-state index in [1.165, 1.54) is 30.3 Å². The third-order valence-electron chi connectivity index (χ3n) is 4.36. The molecule has 0 radical (unpaired) electrons. The van der Waals surface area contributed by atoms with Crippen molar-refractivity contribution in [2.24, 2.45) is 0 Å². The Kier molecular flexibility index (Phi) is 5.16. The summed E-state index contributed by atoms with van der Waals surface area (Å²) in [5.41, 5.74) is 3.50. The molecule has 0 unspecified atom stereocenters. The minimum absolute atomic E-state index is 0.00917. The van der Waals surface area contributed by atoms with Gasteiger partial charge in [-0.1, -0.05) is 6.07 Å². The van der Waals surface area contributed by atoms with Gasteiger partial charge in [-0.3, -0.25) is 10.1 Å². The summed E-state index contributed by atoms with van der Waals surface area (Å²) >= 11 is 5.18. The molecule has 0 fully saturated rings. The number of halogens is 1. The molecule has 1 heterocycles. The Morgan fingerprint density at radius 3 is 2.63 bits per heavy atom. The van der Waals surface area contributed by atoms with E-state index in [9.17, 15) is 14.3 Å². The minimum Gasteiger partial charge on any atom is -0.507 e. The van der Waals surface area contributed by atoms with E-state index in [1.54, 1.807) is 12.1 Å². The fourth-order valence-electron chi connectivity index (χ4n) is 2.88. The molecule has 0 aliphatic rings. The van der Waals surface area contributed by atoms with E-state index in [0.717, 1.165) is 5.56 Å². The Hall–Kier alpha value is -3.78. The van der Waals surface area contributed by atoms with Crippen molar-refractivity contribution in [3.05, 3.63) is 77.6 Å². The van der Waals surface area contributed by atoms with E-state index in [4.69, 9.17) is 16.6 Å². The van der Waals surface area contributed by atoms with Crippen LogP contribution in [0, 0.1) is 12.7 Å². The van der Waals surface area contributed by atoms with E-state index < -0.39 is 11.7 Å². The number of aromatic nitrogens is 1. The highest BCUT2D eigenvalue weighted by atomic mass is 32.1. The summed E-state index contributed by atoms with van der Waals surface area (Å²) < 4.78 is 18.7. The summed E-state index contributed by atoms with van der Waals surface area (Å²) in [6, 6.07) is 15.4. The minimum atomic E-state index is -0.471. The molecule has 0 aliphatic heterocycles. The molecule has 0 atom stereocenters. The number of aryl methyl sites for hydroxylation is 1. The Bertz CT molecular complexity index is 1270. The number of hydrogen-bond donors (Lipinski definition) is 3. The fourth-order valence-corrected chi connectivity index (χ4v) is 3.09. The molecule has 6 nitrogen and oxygen atoms in total. The summed E-state index contributed by atoms with van der Waals surface area (Å²) in [5.74, 6) is -0.651. The number of amides is 1. The van der Waals surface area contributed by atoms with Gasteiger partial charge >= 0.3 is 0 Å². The number of nitrogens with one attached hydrogen (secondary N) is 2. The highest BCUT2D eigenvalue weighted by Crippen LogP contribution is 2.33. The van der Waals surface area contributed by atoms with Gasteiger partial charge in [-0.15, -0.1) is 0 Å². The standard InChI is InChI=1S/C22H16FN3O3S/c1-12-2-9-19-17(10-12)25-21(29-19)16-11-15(7-8-18(16)27)24-22(30)26-20(28)13-3-5-14(23)6-4-13/h2-11,27H,1H3,(H2,24,26,28,30). The Labute approximate surface area is 176 Å². The van der Waals surface area contributed by atoms with Crippen molar-refractivity contribution in [2.75, 3.05) is 5.32 Å². The topological polar surface area (TPSA) is 87.4 Å². The van der Waals surface area contributed by atoms with Gasteiger partial charge in [0.1, 0.15) is 17.1 Å². The summed E-state index contributed by atoms with van der Waals surface area (Å²) in [4.78, 5) is 16.6. The molecule has 8 heteroatoms. The van der Waals surface area contributed by atoms with Gasteiger partial charge in [-0.25, -0.2) is 9.37 Å². The number of phenols is 1. The number of carbonyl (C=O) groups is 1. The average Bonchev–Trinajstić information content (AvgIpc) is 3.12. The molecule has 150 valence electrons. The van der Waals surface area contributed by atoms with Gasteiger partial charge in [-0.05, 0) is 79.3 Å². The van der Waals surface area contributed by atoms with Gasteiger partial charge in [0.25, 0.3) is 5.91 Å². The Balaban J connectivity index is 1.53. The molecular formula is C22H16FN3O3S. The van der Waals surface area contributed by atoms with Crippen LogP contribution in [0.5, 0.6) is 5.75 Å². The number of nitrogens with zero attached hydrogens (tertiary/aromatic N) is 1. The number of hydrogen-bond acceptors (Lipinski definition) is 5. The molecule has 1 amide bonds. The maximum Gasteiger partial charge on any atom is 0.257 e. The number of rotatable bonds is 3. The molecule has 1 aromatic heterocycles. The van der Waals surface area contributed by atoms with Crippen molar-refractivity contribution in [3.8, 4) is 17.2 Å². The smallest absolute Gasteiger partial charge is 0.257 e. The lowest BCUT2D eigenvalue weighted by atomic mass is 10.1. The fraction of sp³-hybridized carbons (Fsp3) is 0.0455. The number of anilines is 1. The van der Waals surface area contributed by atoms with Crippen LogP contribution in [0.15, 0.2) is 65.1 Å². The Morgan fingerprint density at radius 2 is 1.87 bits per heavy atom. The molecular weight excluding hydrogens is 405 g/mol. The first-order valence-corrected chi connectivity index (χ1v) is 9.38. The van der Waals surface area contributed by atoms with Crippen molar-refractivity contribution >= 4 is 40.0 Å². The number of fused-ring (bicyclic) bond motifs is 1. The van der Waals surface area contributed by atoms with Crippen LogP contribution < -0.4 is 10.6 Å². The first-order valence-electron chi connectivity index (χ1n) is 8.97. The predicted octanol–water partition coefficient (Wildman–Crippen LogP) is 4.77. The van der Waals surface area contributed by atoms with Gasteiger partial charge in [0.05, 0.1) is 5.56 Å². The maximum absolute atomic E-state index is 13.0. The summed E-state index contributed by atoms with van der Waals surface area (Å²) in [5, 5.41) is 15.7. The Morgan fingerprint density at radius 1 is 1.10 bits per heavy atom. The molecule has 0 aliphatic carbocycles. The van der Waals surface area contributed by atoms with Crippen LogP contribution in [0.4, 0.5) is 10.1 Å². The first kappa shape index (κ1) is 19.5. The molecule has 0 saturated heterocycles. The highest BCUT2D eigenvalue weighted by molar-refractivity contribution is 7.80. The van der Waals surface area contributed by atoms with E-state index in [0.29, 0.717) is 22.4 Å². The van der Waals surface area contributed by atoms with Crippen LogP contribution >= 0.6 is 12.2 Å². The molecule has 4 aromatic rings. The van der Waals surface area contributed by atoms with E-state index in [-0.39, 0.29) is 22.3 Å². The van der Waals surface area contributed by atoms with Gasteiger partial charge in [0.2, 0.25) is 5.89 Å². The van der Waals surface area contributed by atoms with Gasteiger partial charge in [0.15, 0.2) is 10.7 Å². The van der Waals surface area contributed by atoms with Gasteiger partial charge < -0.3 is 14.8 Å². The third kappa shape index (κ3) is 4.13. The number of thiocarbonyl (C=S) groups is 1. The van der Waals surface area contributed by atoms with Gasteiger partial charge in [-0.2, -0.15) is 0 Å². The van der Waals surface area contributed by atoms with Crippen molar-refractivity contribution in [3.63, 3.8) is 0 Å². The number of benzene rings is 3. The SMILES string of the molecule is Cc1ccc2oc(-c3cc(NC(=S)NC(=O)c4ccc(F)cc4)ccc3O)nc2c1. The molecule has 4 rings (SSSR count). The number of phenolic OH excluding ortho intramolecular Hbond substituents is 1. The second-order valence-electron chi connectivity index (χ2n) is 6.64. The molecule has 3 aromatic carbocycles. The van der Waals surface area contributed by atoms with Gasteiger partial charge in [0, 0.05) is 11.3 Å². The largest absolute Gasteiger partial charge is 0.507 e. The first-order chi connectivity index (χ1) is 14.4. The van der Waals surface area contributed by atoms with Crippen molar-refractivity contribution < 1.29 is 18.7 Å². The zero-order valence-electron chi connectivity index (χ0n) is 15.8. The van der Waals surface area contributed by atoms with Crippen LogP contribution in [0.1, 0.15) is 15.9 Å². The lowest BCUT2D eigenvalue weighted by Gasteiger charge is -2.11. The second kappa shape index (κ2) is 7.92. The van der Waals surface area contributed by atoms with E-state index in [1.807, 2.05) is 25.1 Å². The molecule has 0 bridgehead atoms. The molecule has 3 N–H and O–H groups in total. The number of oxazole rings is 1. The lowest BCUT2D eigenvalue weighted by Crippen LogP contribution is -2.34. The quantitative estimate of drug-likeness (QED) is 0.326. The normalized spacial score (nSPS) is 10.7. The van der Waals surface area contributed by atoms with E-state index >= 15 is 0 Å². The zero-order chi connectivity index (χ0) is 21.3. The average molecular weight is 421 g/mol. The zero-order valence-corrected chi connectivity index (χ0v) is 16.6. The van der Waals surface area contributed by atoms with Crippen LogP contribution in [0.3, 0.4) is 0 Å². The lowest BCUT2D eigenvalue weighted by molar-refractivity contribution is 0.0977. The second-order valence-corrected chi connectivity index (χ2v) is 7.05. The van der Waals surface area contributed by atoms with Crippen LogP contribution in [0.25, 0.3) is 22.6 Å². The maximum atomic E-state index is 13.0. The van der Waals surface area contributed by atoms with E-state index in [2.05, 4.69) is 15.6 Å². The van der Waals surface area contributed by atoms with Crippen LogP contribution in [0.2, 0.25) is 0 Å². The number of carbonyl (C=O) groups excluding carboxylic acids is 1.